The van der Waals surface area contributed by atoms with E-state index >= 15 is 0 Å². The molecule has 0 aliphatic rings. The fraction of sp³-hybridized carbons (Fsp3) is 0.500. The van der Waals surface area contributed by atoms with Crippen molar-refractivity contribution in [3.05, 3.63) is 30.1 Å². The predicted molar refractivity (Wildman–Crippen MR) is 81.7 cm³/mol. The van der Waals surface area contributed by atoms with Crippen molar-refractivity contribution in [2.75, 3.05) is 32.3 Å². The maximum absolute atomic E-state index is 5.04. The lowest BCUT2D eigenvalue weighted by Gasteiger charge is -2.02. The zero-order valence-electron chi connectivity index (χ0n) is 11.6. The fourth-order valence-corrected chi connectivity index (χ4v) is 2.47. The molecule has 0 saturated carbocycles. The molecular weight excluding hydrogens is 258 g/mol. The van der Waals surface area contributed by atoms with E-state index in [0.29, 0.717) is 0 Å². The van der Waals surface area contributed by atoms with Crippen molar-refractivity contribution in [2.24, 2.45) is 0 Å². The normalized spacial score (nSPS) is 11.3. The van der Waals surface area contributed by atoms with Crippen molar-refractivity contribution in [1.82, 2.24) is 14.9 Å². The molecule has 0 aliphatic carbocycles. The van der Waals surface area contributed by atoms with Gasteiger partial charge in [0.1, 0.15) is 5.65 Å². The second-order valence-corrected chi connectivity index (χ2v) is 5.37. The van der Waals surface area contributed by atoms with Gasteiger partial charge in [-0.25, -0.2) is 4.98 Å². The molecule has 4 nitrogen and oxygen atoms in total. The van der Waals surface area contributed by atoms with E-state index < -0.39 is 0 Å². The number of ether oxygens (including phenoxy) is 1. The molecule has 0 atom stereocenters. The molecule has 0 radical (unpaired) electrons. The fourth-order valence-electron chi connectivity index (χ4n) is 2.09. The second kappa shape index (κ2) is 7.53. The summed E-state index contributed by atoms with van der Waals surface area (Å²) in [6.45, 7) is 3.47. The summed E-state index contributed by atoms with van der Waals surface area (Å²) in [6, 6.07) is 4.14. The summed E-state index contributed by atoms with van der Waals surface area (Å²) < 4.78 is 7.29. The van der Waals surface area contributed by atoms with Gasteiger partial charge < -0.3 is 14.6 Å². The minimum Gasteiger partial charge on any atom is -0.383 e. The van der Waals surface area contributed by atoms with Crippen LogP contribution in [0.1, 0.15) is 5.56 Å². The number of hydrogen-bond donors (Lipinski definition) is 1. The molecule has 19 heavy (non-hydrogen) atoms. The van der Waals surface area contributed by atoms with Crippen molar-refractivity contribution >= 4 is 22.8 Å². The molecule has 5 heteroatoms. The van der Waals surface area contributed by atoms with Crippen molar-refractivity contribution in [3.8, 4) is 0 Å². The first-order valence-corrected chi connectivity index (χ1v) is 7.87. The number of nitrogens with zero attached hydrogens (tertiary/aromatic N) is 2. The summed E-state index contributed by atoms with van der Waals surface area (Å²) in [5.41, 5.74) is 2.39. The van der Waals surface area contributed by atoms with E-state index in [0.717, 1.165) is 37.6 Å². The van der Waals surface area contributed by atoms with Crippen molar-refractivity contribution in [1.29, 1.82) is 0 Å². The number of thioether (sulfide) groups is 1. The minimum atomic E-state index is 0.739. The van der Waals surface area contributed by atoms with Crippen molar-refractivity contribution < 1.29 is 4.74 Å². The molecule has 1 N–H and O–H groups in total. The van der Waals surface area contributed by atoms with Gasteiger partial charge in [0.15, 0.2) is 0 Å². The lowest BCUT2D eigenvalue weighted by atomic mass is 10.2. The number of rotatable bonds is 8. The SMILES string of the molecule is COCCNCc1cn(CCSC)c2ncccc12. The molecule has 104 valence electrons. The summed E-state index contributed by atoms with van der Waals surface area (Å²) in [5.74, 6) is 1.11. The monoisotopic (exact) mass is 279 g/mol. The highest BCUT2D eigenvalue weighted by atomic mass is 32.2. The van der Waals surface area contributed by atoms with Gasteiger partial charge >= 0.3 is 0 Å². The smallest absolute Gasteiger partial charge is 0.140 e. The Morgan fingerprint density at radius 1 is 1.47 bits per heavy atom. The van der Waals surface area contributed by atoms with Gasteiger partial charge in [-0.2, -0.15) is 11.8 Å². The molecule has 0 spiro atoms. The summed E-state index contributed by atoms with van der Waals surface area (Å²) in [7, 11) is 1.72. The molecule has 0 saturated heterocycles. The highest BCUT2D eigenvalue weighted by Gasteiger charge is 2.08. The van der Waals surface area contributed by atoms with Gasteiger partial charge in [-0.15, -0.1) is 0 Å². The number of fused-ring (bicyclic) bond motifs is 1. The number of pyridine rings is 1. The average Bonchev–Trinajstić information content (AvgIpc) is 2.80. The van der Waals surface area contributed by atoms with Crippen LogP contribution >= 0.6 is 11.8 Å². The second-order valence-electron chi connectivity index (χ2n) is 4.38. The summed E-state index contributed by atoms with van der Waals surface area (Å²) >= 11 is 1.86. The first-order chi connectivity index (χ1) is 9.36. The Balaban J connectivity index is 2.13. The average molecular weight is 279 g/mol. The molecule has 2 aromatic rings. The Morgan fingerprint density at radius 2 is 2.37 bits per heavy atom. The third-order valence-corrected chi connectivity index (χ3v) is 3.64. The number of nitrogens with one attached hydrogen (secondary N) is 1. The van der Waals surface area contributed by atoms with E-state index in [-0.39, 0.29) is 0 Å². The highest BCUT2D eigenvalue weighted by molar-refractivity contribution is 7.98. The number of hydrogen-bond acceptors (Lipinski definition) is 4. The Bertz CT molecular complexity index is 512. The molecule has 0 fully saturated rings. The van der Waals surface area contributed by atoms with E-state index in [9.17, 15) is 0 Å². The van der Waals surface area contributed by atoms with Crippen LogP contribution in [0.3, 0.4) is 0 Å². The van der Waals surface area contributed by atoms with Crippen molar-refractivity contribution in [3.63, 3.8) is 0 Å². The summed E-state index contributed by atoms with van der Waals surface area (Å²) in [4.78, 5) is 4.50. The maximum Gasteiger partial charge on any atom is 0.140 e. The van der Waals surface area contributed by atoms with E-state index in [1.807, 2.05) is 24.0 Å². The van der Waals surface area contributed by atoms with E-state index in [1.54, 1.807) is 7.11 Å². The topological polar surface area (TPSA) is 39.1 Å². The minimum absolute atomic E-state index is 0.739. The zero-order chi connectivity index (χ0) is 13.5. The van der Waals surface area contributed by atoms with Gasteiger partial charge in [0.25, 0.3) is 0 Å². The molecule has 0 aliphatic heterocycles. The van der Waals surface area contributed by atoms with Crippen molar-refractivity contribution in [2.45, 2.75) is 13.1 Å². The third-order valence-electron chi connectivity index (χ3n) is 3.05. The van der Waals surface area contributed by atoms with Gasteiger partial charge in [-0.3, -0.25) is 0 Å². The zero-order valence-corrected chi connectivity index (χ0v) is 12.4. The van der Waals surface area contributed by atoms with Crippen LogP contribution in [0.15, 0.2) is 24.5 Å². The molecule has 2 aromatic heterocycles. The van der Waals surface area contributed by atoms with E-state index in [2.05, 4.69) is 33.4 Å². The predicted octanol–water partition coefficient (Wildman–Crippen LogP) is 2.14. The summed E-state index contributed by atoms with van der Waals surface area (Å²) in [6.07, 6.45) is 6.21. The molecule has 0 bridgehead atoms. The third kappa shape index (κ3) is 3.72. The van der Waals surface area contributed by atoms with Crippen LogP contribution in [0.25, 0.3) is 11.0 Å². The van der Waals surface area contributed by atoms with Gasteiger partial charge in [0, 0.05) is 50.3 Å². The number of methoxy groups -OCH3 is 1. The Hall–Kier alpha value is -1.04. The lowest BCUT2D eigenvalue weighted by molar-refractivity contribution is 0.199. The quantitative estimate of drug-likeness (QED) is 0.751. The molecule has 0 aromatic carbocycles. The summed E-state index contributed by atoms with van der Waals surface area (Å²) in [5, 5.41) is 4.64. The molecule has 0 unspecified atom stereocenters. The van der Waals surface area contributed by atoms with E-state index in [1.165, 1.54) is 10.9 Å². The lowest BCUT2D eigenvalue weighted by Crippen LogP contribution is -2.18. The largest absolute Gasteiger partial charge is 0.383 e. The van der Waals surface area contributed by atoms with Gasteiger partial charge in [-0.1, -0.05) is 0 Å². The maximum atomic E-state index is 5.04. The van der Waals surface area contributed by atoms with Crippen LogP contribution in [-0.2, 0) is 17.8 Å². The first kappa shape index (κ1) is 14.4. The van der Waals surface area contributed by atoms with Crippen LogP contribution in [0.2, 0.25) is 0 Å². The Labute approximate surface area is 118 Å². The molecular formula is C14H21N3OS. The van der Waals surface area contributed by atoms with Crippen LogP contribution < -0.4 is 5.32 Å². The Morgan fingerprint density at radius 3 is 3.16 bits per heavy atom. The first-order valence-electron chi connectivity index (χ1n) is 6.48. The standard InChI is InChI=1S/C14H21N3OS/c1-18-8-6-15-10-12-11-17(7-9-19-2)14-13(12)4-3-5-16-14/h3-5,11,15H,6-10H2,1-2H3. The van der Waals surface area contributed by atoms with Crippen LogP contribution in [-0.4, -0.2) is 41.8 Å². The van der Waals surface area contributed by atoms with Gasteiger partial charge in [0.05, 0.1) is 6.61 Å². The number of aryl methyl sites for hydroxylation is 1. The highest BCUT2D eigenvalue weighted by Crippen LogP contribution is 2.19. The molecule has 2 rings (SSSR count). The van der Waals surface area contributed by atoms with Gasteiger partial charge in [-0.05, 0) is 24.0 Å². The Kier molecular flexibility index (Phi) is 5.69. The van der Waals surface area contributed by atoms with E-state index in [4.69, 9.17) is 4.74 Å². The van der Waals surface area contributed by atoms with Gasteiger partial charge in [0.2, 0.25) is 0 Å². The molecule has 0 amide bonds. The van der Waals surface area contributed by atoms with Crippen LogP contribution in [0.4, 0.5) is 0 Å². The number of aromatic nitrogens is 2. The van der Waals surface area contributed by atoms with Crippen LogP contribution in [0, 0.1) is 0 Å². The molecule has 2 heterocycles. The van der Waals surface area contributed by atoms with Crippen LogP contribution in [0.5, 0.6) is 0 Å².